The first-order valence-corrected chi connectivity index (χ1v) is 5.44. The molecule has 1 aliphatic heterocycles. The van der Waals surface area contributed by atoms with Crippen molar-refractivity contribution in [3.8, 4) is 0 Å². The van der Waals surface area contributed by atoms with Crippen molar-refractivity contribution in [3.63, 3.8) is 0 Å². The lowest BCUT2D eigenvalue weighted by atomic mass is 9.88. The van der Waals surface area contributed by atoms with Crippen molar-refractivity contribution in [1.29, 1.82) is 0 Å². The molecule has 7 nitrogen and oxygen atoms in total. The van der Waals surface area contributed by atoms with E-state index in [0.717, 1.165) is 6.08 Å². The van der Waals surface area contributed by atoms with E-state index in [-0.39, 0.29) is 19.8 Å². The summed E-state index contributed by atoms with van der Waals surface area (Å²) in [5.41, 5.74) is -0.667. The summed E-state index contributed by atoms with van der Waals surface area (Å²) in [6, 6.07) is 0. The largest absolute Gasteiger partial charge is 0.534 e. The predicted molar refractivity (Wildman–Crippen MR) is 62.6 cm³/mol. The van der Waals surface area contributed by atoms with E-state index in [2.05, 4.69) is 6.58 Å². The Kier molecular flexibility index (Phi) is 12.0. The van der Waals surface area contributed by atoms with E-state index in [1.165, 1.54) is 0 Å². The molecule has 0 radical (unpaired) electrons. The second kappa shape index (κ2) is 11.1. The third kappa shape index (κ3) is 11.5. The first-order valence-electron chi connectivity index (χ1n) is 5.44. The van der Waals surface area contributed by atoms with Crippen LogP contribution >= 0.6 is 0 Å². The van der Waals surface area contributed by atoms with Gasteiger partial charge in [0, 0.05) is 11.5 Å². The summed E-state index contributed by atoms with van der Waals surface area (Å²) < 4.78 is 1.58. The number of hydrogen-bond donors (Lipinski definition) is 4. The smallest absolute Gasteiger partial charge is 0.327 e. The molecule has 0 aromatic heterocycles. The SMILES string of the molecule is C=CC(=O)O.CCC(CO)(CO)CO.[O-][O+]1CC1. The van der Waals surface area contributed by atoms with Crippen molar-refractivity contribution in [1.82, 2.24) is 0 Å². The predicted octanol–water partition coefficient (Wildman–Crippen LogP) is -1.56. The van der Waals surface area contributed by atoms with E-state index in [0.29, 0.717) is 19.6 Å². The number of epoxide rings is 1. The molecule has 0 aliphatic carbocycles. The topological polar surface area (TPSA) is 124 Å². The van der Waals surface area contributed by atoms with Crippen molar-refractivity contribution in [3.05, 3.63) is 12.7 Å². The minimum atomic E-state index is -0.981. The Labute approximate surface area is 106 Å². The molecule has 0 aromatic carbocycles. The molecule has 4 N–H and O–H groups in total. The van der Waals surface area contributed by atoms with Crippen molar-refractivity contribution in [2.45, 2.75) is 13.3 Å². The van der Waals surface area contributed by atoms with Gasteiger partial charge in [0.25, 0.3) is 0 Å². The van der Waals surface area contributed by atoms with Gasteiger partial charge in [-0.2, -0.15) is 0 Å². The lowest BCUT2D eigenvalue weighted by molar-refractivity contribution is -0.730. The van der Waals surface area contributed by atoms with E-state index >= 15 is 0 Å². The van der Waals surface area contributed by atoms with Gasteiger partial charge in [-0.3, -0.25) is 0 Å². The van der Waals surface area contributed by atoms with Gasteiger partial charge in [-0.25, -0.2) is 4.79 Å². The minimum absolute atomic E-state index is 0.156. The molecule has 0 amide bonds. The number of hydrogen-bond acceptors (Lipinski definition) is 5. The number of aliphatic hydroxyl groups excluding tert-OH is 3. The number of carboxylic acids is 1. The van der Waals surface area contributed by atoms with Crippen LogP contribution in [-0.2, 0) is 9.31 Å². The molecule has 0 unspecified atom stereocenters. The third-order valence-electron chi connectivity index (χ3n) is 2.30. The molecule has 1 aliphatic rings. The van der Waals surface area contributed by atoms with Crippen LogP contribution in [-0.4, -0.2) is 59.4 Å². The van der Waals surface area contributed by atoms with Crippen LogP contribution in [0.5, 0.6) is 0 Å². The van der Waals surface area contributed by atoms with E-state index < -0.39 is 11.4 Å². The highest BCUT2D eigenvalue weighted by atomic mass is 17.3. The van der Waals surface area contributed by atoms with Crippen LogP contribution in [0.3, 0.4) is 0 Å². The fraction of sp³-hybridized carbons (Fsp3) is 0.727. The van der Waals surface area contributed by atoms with Crippen LogP contribution in [0.25, 0.3) is 0 Å². The van der Waals surface area contributed by atoms with Crippen molar-refractivity contribution >= 4 is 5.97 Å². The van der Waals surface area contributed by atoms with Gasteiger partial charge in [-0.05, 0) is 6.42 Å². The summed E-state index contributed by atoms with van der Waals surface area (Å²) in [6.45, 7) is 5.68. The Hall–Kier alpha value is -0.990. The first kappa shape index (κ1) is 19.4. The van der Waals surface area contributed by atoms with Crippen LogP contribution < -0.4 is 5.26 Å². The zero-order valence-corrected chi connectivity index (χ0v) is 10.5. The number of aliphatic hydroxyl groups is 3. The fourth-order valence-electron chi connectivity index (χ4n) is 0.519. The molecule has 1 heterocycles. The summed E-state index contributed by atoms with van der Waals surface area (Å²) >= 11 is 0. The van der Waals surface area contributed by atoms with Crippen LogP contribution in [0, 0.1) is 5.41 Å². The maximum absolute atomic E-state index is 9.39. The highest BCUT2D eigenvalue weighted by Crippen LogP contribution is 2.18. The van der Waals surface area contributed by atoms with Crippen LogP contribution in [0.1, 0.15) is 13.3 Å². The maximum atomic E-state index is 9.39. The molecule has 0 saturated carbocycles. The van der Waals surface area contributed by atoms with Gasteiger partial charge in [0.05, 0.1) is 19.8 Å². The maximum Gasteiger partial charge on any atom is 0.327 e. The second-order valence-corrected chi connectivity index (χ2v) is 3.72. The molecule has 1 rings (SSSR count). The Balaban J connectivity index is 0. The van der Waals surface area contributed by atoms with Gasteiger partial charge in [-0.15, -0.1) is 0 Å². The molecule has 1 saturated heterocycles. The molecule has 1 fully saturated rings. The minimum Gasteiger partial charge on any atom is -0.534 e. The van der Waals surface area contributed by atoms with E-state index in [1.54, 1.807) is 4.52 Å². The summed E-state index contributed by atoms with van der Waals surface area (Å²) in [5.74, 6) is -0.981. The Morgan fingerprint density at radius 1 is 1.33 bits per heavy atom. The van der Waals surface area contributed by atoms with Gasteiger partial charge in [0.1, 0.15) is 0 Å². The standard InChI is InChI=1S/C6H14O3.C3H4O2.C2H4O2/c1-2-6(3-7,4-8)5-9;1-2-3(4)5;3-4-1-2-4/h7-9H,2-5H2,1H3;2H,1H2,(H,4,5);1-2H2. The molecular formula is C11H22O7. The van der Waals surface area contributed by atoms with Crippen LogP contribution in [0.4, 0.5) is 0 Å². The average Bonchev–Trinajstić information content (AvgIpc) is 3.17. The lowest BCUT2D eigenvalue weighted by Gasteiger charge is -2.24. The number of carbonyl (C=O) groups is 1. The van der Waals surface area contributed by atoms with Gasteiger partial charge in [0.2, 0.25) is 13.2 Å². The number of rotatable bonds is 5. The second-order valence-electron chi connectivity index (χ2n) is 3.72. The number of carboxylic acid groups (broad SMARTS) is 1. The van der Waals surface area contributed by atoms with Gasteiger partial charge >= 0.3 is 5.97 Å². The molecule has 108 valence electrons. The van der Waals surface area contributed by atoms with E-state index in [4.69, 9.17) is 20.4 Å². The van der Waals surface area contributed by atoms with Crippen LogP contribution in [0.2, 0.25) is 0 Å². The Morgan fingerprint density at radius 3 is 1.61 bits per heavy atom. The fourth-order valence-corrected chi connectivity index (χ4v) is 0.519. The molecule has 0 aromatic rings. The third-order valence-corrected chi connectivity index (χ3v) is 2.30. The average molecular weight is 266 g/mol. The monoisotopic (exact) mass is 266 g/mol. The zero-order chi connectivity index (χ0) is 14.6. The molecule has 18 heavy (non-hydrogen) atoms. The van der Waals surface area contributed by atoms with Crippen molar-refractivity contribution in [2.24, 2.45) is 5.41 Å². The molecule has 0 bridgehead atoms. The summed E-state index contributed by atoms with van der Waals surface area (Å²) in [4.78, 5) is 9.25. The zero-order valence-electron chi connectivity index (χ0n) is 10.5. The summed E-state index contributed by atoms with van der Waals surface area (Å²) in [7, 11) is 0. The molecule has 7 heteroatoms. The molecule has 0 atom stereocenters. The normalized spacial score (nSPS) is 13.6. The highest BCUT2D eigenvalue weighted by molar-refractivity contribution is 5.78. The van der Waals surface area contributed by atoms with Crippen molar-refractivity contribution in [2.75, 3.05) is 33.0 Å². The Morgan fingerprint density at radius 2 is 1.61 bits per heavy atom. The van der Waals surface area contributed by atoms with E-state index in [1.807, 2.05) is 6.92 Å². The Bertz CT molecular complexity index is 204. The summed E-state index contributed by atoms with van der Waals surface area (Å²) in [5, 5.41) is 43.0. The van der Waals surface area contributed by atoms with Gasteiger partial charge < -0.3 is 30.2 Å². The number of aliphatic carboxylic acids is 1. The summed E-state index contributed by atoms with van der Waals surface area (Å²) in [6.07, 6.45) is 1.43. The van der Waals surface area contributed by atoms with Crippen LogP contribution in [0.15, 0.2) is 12.7 Å². The van der Waals surface area contributed by atoms with Gasteiger partial charge in [0.15, 0.2) is 0 Å². The molecular weight excluding hydrogens is 244 g/mol. The molecule has 0 spiro atoms. The quantitative estimate of drug-likeness (QED) is 0.207. The van der Waals surface area contributed by atoms with Gasteiger partial charge in [-0.1, -0.05) is 13.5 Å². The van der Waals surface area contributed by atoms with E-state index in [9.17, 15) is 10.1 Å². The lowest BCUT2D eigenvalue weighted by Crippen LogP contribution is -2.32. The first-order chi connectivity index (χ1) is 8.41. The highest BCUT2D eigenvalue weighted by Gasteiger charge is 2.24. The van der Waals surface area contributed by atoms with Crippen molar-refractivity contribution < 1.29 is 35.0 Å².